The van der Waals surface area contributed by atoms with Crippen molar-refractivity contribution in [2.45, 2.75) is 31.2 Å². The third-order valence-corrected chi connectivity index (χ3v) is 6.74. The minimum Gasteiger partial charge on any atom is -0.348 e. The number of anilines is 1. The van der Waals surface area contributed by atoms with Crippen LogP contribution in [0.15, 0.2) is 83.8 Å². The molecule has 0 spiro atoms. The van der Waals surface area contributed by atoms with E-state index >= 15 is 0 Å². The summed E-state index contributed by atoms with van der Waals surface area (Å²) < 4.78 is 41.1. The lowest BCUT2D eigenvalue weighted by Crippen LogP contribution is -2.42. The molecule has 0 radical (unpaired) electrons. The molecule has 31 heavy (non-hydrogen) atoms. The van der Waals surface area contributed by atoms with E-state index in [0.29, 0.717) is 6.42 Å². The Balaban J connectivity index is 1.90. The molecular formula is C24H25FN2O3S. The average Bonchev–Trinajstić information content (AvgIpc) is 2.77. The Morgan fingerprint density at radius 1 is 0.968 bits per heavy atom. The van der Waals surface area contributed by atoms with Gasteiger partial charge < -0.3 is 5.32 Å². The number of carbonyl (C=O) groups excluding carboxylic acids is 1. The average molecular weight is 441 g/mol. The molecule has 0 aliphatic carbocycles. The van der Waals surface area contributed by atoms with Gasteiger partial charge in [0.05, 0.1) is 16.6 Å². The van der Waals surface area contributed by atoms with E-state index in [9.17, 15) is 17.6 Å². The van der Waals surface area contributed by atoms with Crippen molar-refractivity contribution in [2.75, 3.05) is 10.8 Å². The van der Waals surface area contributed by atoms with Crippen LogP contribution in [-0.2, 0) is 14.8 Å². The van der Waals surface area contributed by atoms with Crippen molar-refractivity contribution in [2.24, 2.45) is 0 Å². The van der Waals surface area contributed by atoms with Crippen LogP contribution in [0, 0.1) is 12.7 Å². The van der Waals surface area contributed by atoms with Crippen LogP contribution in [0.1, 0.15) is 30.5 Å². The van der Waals surface area contributed by atoms with Gasteiger partial charge in [0.25, 0.3) is 10.0 Å². The number of rotatable bonds is 8. The lowest BCUT2D eigenvalue weighted by molar-refractivity contribution is -0.120. The van der Waals surface area contributed by atoms with Gasteiger partial charge in [-0.3, -0.25) is 9.10 Å². The molecule has 3 rings (SSSR count). The third kappa shape index (κ3) is 5.49. The molecule has 0 fully saturated rings. The summed E-state index contributed by atoms with van der Waals surface area (Å²) in [6, 6.07) is 20.7. The standard InChI is InChI=1S/C24H25FN2O3S/c1-3-23(19-7-5-4-6-8-19)26-24(28)17-27(21-13-11-20(25)12-14-21)31(29,30)22-15-9-18(2)10-16-22/h4-16,23H,3,17H2,1-2H3,(H,26,28)/t23-/m0/s1. The van der Waals surface area contributed by atoms with E-state index in [1.54, 1.807) is 12.1 Å². The number of carbonyl (C=O) groups is 1. The first-order chi connectivity index (χ1) is 14.8. The number of aryl methyl sites for hydroxylation is 1. The molecule has 7 heteroatoms. The maximum absolute atomic E-state index is 13.4. The molecule has 0 aromatic heterocycles. The number of benzene rings is 3. The third-order valence-electron chi connectivity index (χ3n) is 4.96. The molecule has 3 aromatic carbocycles. The fraction of sp³-hybridized carbons (Fsp3) is 0.208. The van der Waals surface area contributed by atoms with Crippen LogP contribution in [0.5, 0.6) is 0 Å². The lowest BCUT2D eigenvalue weighted by Gasteiger charge is -2.25. The molecule has 0 bridgehead atoms. The summed E-state index contributed by atoms with van der Waals surface area (Å²) in [5.74, 6) is -0.938. The van der Waals surface area contributed by atoms with E-state index in [1.807, 2.05) is 44.2 Å². The van der Waals surface area contributed by atoms with E-state index in [1.165, 1.54) is 36.4 Å². The van der Waals surface area contributed by atoms with Gasteiger partial charge in [-0.1, -0.05) is 55.0 Å². The van der Waals surface area contributed by atoms with Crippen molar-refractivity contribution in [3.63, 3.8) is 0 Å². The molecule has 0 aliphatic heterocycles. The zero-order valence-electron chi connectivity index (χ0n) is 17.5. The van der Waals surface area contributed by atoms with Gasteiger partial charge in [-0.05, 0) is 55.3 Å². The molecule has 1 atom stereocenters. The predicted octanol–water partition coefficient (Wildman–Crippen LogP) is 4.60. The first-order valence-electron chi connectivity index (χ1n) is 10.0. The Morgan fingerprint density at radius 3 is 2.16 bits per heavy atom. The van der Waals surface area contributed by atoms with E-state index in [0.717, 1.165) is 15.4 Å². The van der Waals surface area contributed by atoms with Crippen LogP contribution in [0.25, 0.3) is 0 Å². The number of hydrogen-bond acceptors (Lipinski definition) is 3. The van der Waals surface area contributed by atoms with E-state index in [-0.39, 0.29) is 16.6 Å². The van der Waals surface area contributed by atoms with Gasteiger partial charge >= 0.3 is 0 Å². The van der Waals surface area contributed by atoms with Gasteiger partial charge in [-0.25, -0.2) is 12.8 Å². The summed E-state index contributed by atoms with van der Waals surface area (Å²) in [7, 11) is -4.04. The van der Waals surface area contributed by atoms with E-state index in [2.05, 4.69) is 5.32 Å². The van der Waals surface area contributed by atoms with Crippen molar-refractivity contribution >= 4 is 21.6 Å². The summed E-state index contributed by atoms with van der Waals surface area (Å²) in [6.45, 7) is 3.37. The minimum absolute atomic E-state index is 0.0605. The SMILES string of the molecule is CC[C@H](NC(=O)CN(c1ccc(F)cc1)S(=O)(=O)c1ccc(C)cc1)c1ccccc1. The van der Waals surface area contributed by atoms with Gasteiger partial charge in [0.15, 0.2) is 0 Å². The number of amides is 1. The number of nitrogens with zero attached hydrogens (tertiary/aromatic N) is 1. The fourth-order valence-corrected chi connectivity index (χ4v) is 4.66. The number of nitrogens with one attached hydrogen (secondary N) is 1. The molecule has 162 valence electrons. The molecule has 3 aromatic rings. The topological polar surface area (TPSA) is 66.5 Å². The minimum atomic E-state index is -4.04. The quantitative estimate of drug-likeness (QED) is 0.557. The summed E-state index contributed by atoms with van der Waals surface area (Å²) in [5, 5.41) is 2.91. The maximum Gasteiger partial charge on any atom is 0.264 e. The highest BCUT2D eigenvalue weighted by atomic mass is 32.2. The second-order valence-corrected chi connectivity index (χ2v) is 9.10. The summed E-state index contributed by atoms with van der Waals surface area (Å²) in [5.41, 5.74) is 2.07. The second-order valence-electron chi connectivity index (χ2n) is 7.24. The lowest BCUT2D eigenvalue weighted by atomic mass is 10.0. The Kier molecular flexibility index (Phi) is 7.07. The fourth-order valence-electron chi connectivity index (χ4n) is 3.24. The van der Waals surface area contributed by atoms with Crippen LogP contribution >= 0.6 is 0 Å². The second kappa shape index (κ2) is 9.75. The Bertz CT molecular complexity index is 1120. The zero-order chi connectivity index (χ0) is 22.4. The highest BCUT2D eigenvalue weighted by Gasteiger charge is 2.28. The Labute approximate surface area is 182 Å². The number of sulfonamides is 1. The normalized spacial score (nSPS) is 12.2. The van der Waals surface area contributed by atoms with Crippen LogP contribution in [-0.4, -0.2) is 20.9 Å². The zero-order valence-corrected chi connectivity index (χ0v) is 18.3. The molecule has 5 nitrogen and oxygen atoms in total. The Hall–Kier alpha value is -3.19. The summed E-state index contributed by atoms with van der Waals surface area (Å²) in [4.78, 5) is 12.9. The van der Waals surface area contributed by atoms with E-state index in [4.69, 9.17) is 0 Å². The van der Waals surface area contributed by atoms with Crippen LogP contribution in [0.3, 0.4) is 0 Å². The van der Waals surface area contributed by atoms with Crippen molar-refractivity contribution in [3.8, 4) is 0 Å². The largest absolute Gasteiger partial charge is 0.348 e. The first kappa shape index (κ1) is 22.5. The highest BCUT2D eigenvalue weighted by molar-refractivity contribution is 7.92. The van der Waals surface area contributed by atoms with E-state index < -0.39 is 28.3 Å². The molecule has 1 N–H and O–H groups in total. The Morgan fingerprint density at radius 2 is 1.58 bits per heavy atom. The monoisotopic (exact) mass is 440 g/mol. The van der Waals surface area contributed by atoms with Crippen LogP contribution in [0.4, 0.5) is 10.1 Å². The summed E-state index contributed by atoms with van der Waals surface area (Å²) >= 11 is 0. The van der Waals surface area contributed by atoms with Crippen LogP contribution < -0.4 is 9.62 Å². The van der Waals surface area contributed by atoms with Gasteiger partial charge in [-0.2, -0.15) is 0 Å². The molecule has 0 unspecified atom stereocenters. The molecule has 0 heterocycles. The molecule has 0 aliphatic rings. The smallest absolute Gasteiger partial charge is 0.264 e. The predicted molar refractivity (Wildman–Crippen MR) is 120 cm³/mol. The maximum atomic E-state index is 13.4. The first-order valence-corrected chi connectivity index (χ1v) is 11.4. The van der Waals surface area contributed by atoms with Gasteiger partial charge in [-0.15, -0.1) is 0 Å². The molecule has 0 saturated heterocycles. The molecular weight excluding hydrogens is 415 g/mol. The summed E-state index contributed by atoms with van der Waals surface area (Å²) in [6.07, 6.45) is 0.650. The van der Waals surface area contributed by atoms with Gasteiger partial charge in [0, 0.05) is 0 Å². The van der Waals surface area contributed by atoms with Crippen molar-refractivity contribution in [1.29, 1.82) is 0 Å². The number of hydrogen-bond donors (Lipinski definition) is 1. The molecule has 1 amide bonds. The van der Waals surface area contributed by atoms with Crippen molar-refractivity contribution in [1.82, 2.24) is 5.32 Å². The van der Waals surface area contributed by atoms with Gasteiger partial charge in [0.2, 0.25) is 5.91 Å². The van der Waals surface area contributed by atoms with Crippen molar-refractivity contribution in [3.05, 3.63) is 95.8 Å². The van der Waals surface area contributed by atoms with Gasteiger partial charge in [0.1, 0.15) is 12.4 Å². The number of halogens is 1. The molecule has 0 saturated carbocycles. The van der Waals surface area contributed by atoms with Crippen LogP contribution in [0.2, 0.25) is 0 Å². The van der Waals surface area contributed by atoms with Crippen molar-refractivity contribution < 1.29 is 17.6 Å². The highest BCUT2D eigenvalue weighted by Crippen LogP contribution is 2.24.